The van der Waals surface area contributed by atoms with E-state index in [4.69, 9.17) is 4.74 Å². The van der Waals surface area contributed by atoms with E-state index in [0.717, 1.165) is 11.4 Å². The third-order valence-corrected chi connectivity index (χ3v) is 2.83. The fourth-order valence-electron chi connectivity index (χ4n) is 1.81. The highest BCUT2D eigenvalue weighted by atomic mass is 16.5. The smallest absolute Gasteiger partial charge is 0.320 e. The van der Waals surface area contributed by atoms with Crippen LogP contribution in [0.1, 0.15) is 32.2 Å². The first-order valence-corrected chi connectivity index (χ1v) is 6.33. The monoisotopic (exact) mass is 253 g/mol. The summed E-state index contributed by atoms with van der Waals surface area (Å²) in [5.41, 5.74) is 2.10. The number of hydrogen-bond acceptors (Lipinski definition) is 4. The van der Waals surface area contributed by atoms with E-state index < -0.39 is 0 Å². The fourth-order valence-corrected chi connectivity index (χ4v) is 1.81. The third-order valence-electron chi connectivity index (χ3n) is 2.83. The van der Waals surface area contributed by atoms with Gasteiger partial charge in [-0.05, 0) is 33.8 Å². The molecule has 102 valence electrons. The number of rotatable bonds is 6. The molecule has 0 saturated heterocycles. The third kappa shape index (κ3) is 4.14. The molecule has 0 aliphatic heterocycles. The molecular weight excluding hydrogens is 230 g/mol. The lowest BCUT2D eigenvalue weighted by Crippen LogP contribution is -2.36. The molecule has 1 heterocycles. The summed E-state index contributed by atoms with van der Waals surface area (Å²) in [6.45, 7) is 9.38. The highest BCUT2D eigenvalue weighted by Gasteiger charge is 2.17. The van der Waals surface area contributed by atoms with Crippen molar-refractivity contribution < 1.29 is 9.53 Å². The van der Waals surface area contributed by atoms with E-state index in [1.807, 2.05) is 31.6 Å². The molecule has 0 bridgehead atoms. The number of aryl methyl sites for hydroxylation is 2. The fraction of sp³-hybridized carbons (Fsp3) is 0.692. The second-order valence-electron chi connectivity index (χ2n) is 4.70. The van der Waals surface area contributed by atoms with E-state index in [2.05, 4.69) is 23.8 Å². The first kappa shape index (κ1) is 14.7. The van der Waals surface area contributed by atoms with Gasteiger partial charge in [-0.3, -0.25) is 14.4 Å². The van der Waals surface area contributed by atoms with Gasteiger partial charge in [0.2, 0.25) is 0 Å². The maximum Gasteiger partial charge on any atom is 0.320 e. The minimum absolute atomic E-state index is 0.176. The van der Waals surface area contributed by atoms with E-state index in [0.29, 0.717) is 19.7 Å². The number of nitrogens with zero attached hydrogens (tertiary/aromatic N) is 3. The first-order chi connectivity index (χ1) is 8.43. The van der Waals surface area contributed by atoms with Crippen LogP contribution >= 0.6 is 0 Å². The molecule has 0 atom stereocenters. The maximum atomic E-state index is 11.6. The molecule has 5 heteroatoms. The normalized spacial score (nSPS) is 11.3. The number of carbonyl (C=O) groups is 1. The molecule has 1 rings (SSSR count). The number of hydrogen-bond donors (Lipinski definition) is 0. The van der Waals surface area contributed by atoms with E-state index in [9.17, 15) is 4.79 Å². The SMILES string of the molecule is CCOC(=O)CN(Cc1cc(C)nn1C)C(C)C. The average molecular weight is 253 g/mol. The Hall–Kier alpha value is -1.36. The standard InChI is InChI=1S/C13H23N3O2/c1-6-18-13(17)9-16(10(2)3)8-12-7-11(4)14-15(12)5/h7,10H,6,8-9H2,1-5H3. The Bertz CT molecular complexity index is 399. The summed E-state index contributed by atoms with van der Waals surface area (Å²) >= 11 is 0. The van der Waals surface area contributed by atoms with E-state index in [1.54, 1.807) is 0 Å². The van der Waals surface area contributed by atoms with Crippen LogP contribution in [0.5, 0.6) is 0 Å². The van der Waals surface area contributed by atoms with E-state index >= 15 is 0 Å². The lowest BCUT2D eigenvalue weighted by molar-refractivity contribution is -0.145. The van der Waals surface area contributed by atoms with E-state index in [-0.39, 0.29) is 12.0 Å². The Morgan fingerprint density at radius 2 is 2.22 bits per heavy atom. The maximum absolute atomic E-state index is 11.6. The van der Waals surface area contributed by atoms with Crippen molar-refractivity contribution in [1.29, 1.82) is 0 Å². The van der Waals surface area contributed by atoms with Crippen molar-refractivity contribution in [1.82, 2.24) is 14.7 Å². The van der Waals surface area contributed by atoms with E-state index in [1.165, 1.54) is 0 Å². The molecule has 18 heavy (non-hydrogen) atoms. The van der Waals surface area contributed by atoms with Crippen molar-refractivity contribution in [2.45, 2.75) is 40.3 Å². The number of ether oxygens (including phenoxy) is 1. The highest BCUT2D eigenvalue weighted by Crippen LogP contribution is 2.09. The summed E-state index contributed by atoms with van der Waals surface area (Å²) in [5.74, 6) is -0.176. The Kier molecular flexibility index (Phi) is 5.34. The average Bonchev–Trinajstić information content (AvgIpc) is 2.56. The largest absolute Gasteiger partial charge is 0.465 e. The summed E-state index contributed by atoms with van der Waals surface area (Å²) < 4.78 is 6.85. The summed E-state index contributed by atoms with van der Waals surface area (Å²) in [4.78, 5) is 13.6. The molecule has 0 saturated carbocycles. The number of aromatic nitrogens is 2. The lowest BCUT2D eigenvalue weighted by atomic mass is 10.2. The van der Waals surface area contributed by atoms with Crippen LogP contribution in [-0.2, 0) is 23.1 Å². The Balaban J connectivity index is 2.68. The van der Waals surface area contributed by atoms with Gasteiger partial charge in [0.05, 0.1) is 24.5 Å². The molecule has 0 amide bonds. The summed E-state index contributed by atoms with van der Waals surface area (Å²) in [6.07, 6.45) is 0. The minimum atomic E-state index is -0.176. The summed E-state index contributed by atoms with van der Waals surface area (Å²) in [6, 6.07) is 2.32. The van der Waals surface area contributed by atoms with Gasteiger partial charge in [0.1, 0.15) is 0 Å². The van der Waals surface area contributed by atoms with Gasteiger partial charge in [-0.2, -0.15) is 5.10 Å². The van der Waals surface area contributed by atoms with Crippen molar-refractivity contribution in [3.63, 3.8) is 0 Å². The predicted molar refractivity (Wildman–Crippen MR) is 70.1 cm³/mol. The molecule has 0 N–H and O–H groups in total. The van der Waals surface area contributed by atoms with Crippen molar-refractivity contribution in [3.8, 4) is 0 Å². The molecule has 1 aromatic heterocycles. The molecule has 0 unspecified atom stereocenters. The zero-order valence-corrected chi connectivity index (χ0v) is 11.9. The van der Waals surface area contributed by atoms with Crippen LogP contribution in [0.2, 0.25) is 0 Å². The molecule has 5 nitrogen and oxygen atoms in total. The quantitative estimate of drug-likeness (QED) is 0.721. The van der Waals surface area contributed by atoms with Crippen LogP contribution in [-0.4, -0.2) is 39.8 Å². The molecule has 0 spiro atoms. The predicted octanol–water partition coefficient (Wildman–Crippen LogP) is 1.50. The molecule has 0 radical (unpaired) electrons. The van der Waals surface area contributed by atoms with Gasteiger partial charge >= 0.3 is 5.97 Å². The topological polar surface area (TPSA) is 47.4 Å². The van der Waals surface area contributed by atoms with Crippen LogP contribution < -0.4 is 0 Å². The van der Waals surface area contributed by atoms with Gasteiger partial charge < -0.3 is 4.74 Å². The van der Waals surface area contributed by atoms with Crippen LogP contribution in [0, 0.1) is 6.92 Å². The molecule has 0 aromatic carbocycles. The van der Waals surface area contributed by atoms with Gasteiger partial charge in [0, 0.05) is 19.6 Å². The van der Waals surface area contributed by atoms with Crippen molar-refractivity contribution in [3.05, 3.63) is 17.5 Å². The van der Waals surface area contributed by atoms with Crippen LogP contribution in [0.4, 0.5) is 0 Å². The van der Waals surface area contributed by atoms with Gasteiger partial charge in [0.25, 0.3) is 0 Å². The van der Waals surface area contributed by atoms with Crippen molar-refractivity contribution in [2.24, 2.45) is 7.05 Å². The number of esters is 1. The highest BCUT2D eigenvalue weighted by molar-refractivity contribution is 5.71. The Morgan fingerprint density at radius 1 is 1.56 bits per heavy atom. The van der Waals surface area contributed by atoms with Gasteiger partial charge in [-0.15, -0.1) is 0 Å². The Morgan fingerprint density at radius 3 is 2.67 bits per heavy atom. The molecule has 1 aromatic rings. The lowest BCUT2D eigenvalue weighted by Gasteiger charge is -2.25. The molecule has 0 aliphatic rings. The minimum Gasteiger partial charge on any atom is -0.465 e. The summed E-state index contributed by atoms with van der Waals surface area (Å²) in [7, 11) is 1.92. The van der Waals surface area contributed by atoms with Crippen LogP contribution in [0.25, 0.3) is 0 Å². The zero-order valence-electron chi connectivity index (χ0n) is 11.9. The second-order valence-corrected chi connectivity index (χ2v) is 4.70. The molecule has 0 fully saturated rings. The molecular formula is C13H23N3O2. The van der Waals surface area contributed by atoms with Crippen LogP contribution in [0.15, 0.2) is 6.07 Å². The summed E-state index contributed by atoms with van der Waals surface area (Å²) in [5, 5.41) is 4.31. The van der Waals surface area contributed by atoms with Crippen molar-refractivity contribution in [2.75, 3.05) is 13.2 Å². The van der Waals surface area contributed by atoms with Gasteiger partial charge in [-0.1, -0.05) is 0 Å². The Labute approximate surface area is 109 Å². The van der Waals surface area contributed by atoms with Gasteiger partial charge in [0.15, 0.2) is 0 Å². The molecule has 0 aliphatic carbocycles. The number of carbonyl (C=O) groups excluding carboxylic acids is 1. The second kappa shape index (κ2) is 6.54. The first-order valence-electron chi connectivity index (χ1n) is 6.33. The van der Waals surface area contributed by atoms with Gasteiger partial charge in [-0.25, -0.2) is 0 Å². The zero-order chi connectivity index (χ0) is 13.7. The van der Waals surface area contributed by atoms with Crippen molar-refractivity contribution >= 4 is 5.97 Å². The van der Waals surface area contributed by atoms with Crippen LogP contribution in [0.3, 0.4) is 0 Å².